The summed E-state index contributed by atoms with van der Waals surface area (Å²) in [5.74, 6) is -0.0574. The quantitative estimate of drug-likeness (QED) is 0.257. The summed E-state index contributed by atoms with van der Waals surface area (Å²) in [6.07, 6.45) is 2.47. The number of sulfone groups is 1. The van der Waals surface area contributed by atoms with Crippen LogP contribution in [0.4, 0.5) is 0 Å². The summed E-state index contributed by atoms with van der Waals surface area (Å²) in [5.41, 5.74) is 1.85. The van der Waals surface area contributed by atoms with Crippen LogP contribution in [0.3, 0.4) is 0 Å². The first kappa shape index (κ1) is 24.7. The van der Waals surface area contributed by atoms with Gasteiger partial charge in [0.2, 0.25) is 11.7 Å². The van der Waals surface area contributed by atoms with Gasteiger partial charge in [-0.25, -0.2) is 13.1 Å². The van der Waals surface area contributed by atoms with E-state index < -0.39 is 15.6 Å². The molecule has 5 aromatic rings. The first-order valence-electron chi connectivity index (χ1n) is 11.3. The highest BCUT2D eigenvalue weighted by atomic mass is 35.5. The number of halogens is 1. The number of rotatable bonds is 7. The van der Waals surface area contributed by atoms with Gasteiger partial charge in [-0.1, -0.05) is 59.2 Å². The van der Waals surface area contributed by atoms with E-state index >= 15 is 0 Å². The van der Waals surface area contributed by atoms with Crippen molar-refractivity contribution in [3.05, 3.63) is 94.3 Å². The van der Waals surface area contributed by atoms with Crippen molar-refractivity contribution >= 4 is 38.0 Å². The van der Waals surface area contributed by atoms with E-state index in [1.165, 1.54) is 23.0 Å². The van der Waals surface area contributed by atoms with Crippen molar-refractivity contribution in [2.45, 2.75) is 18.4 Å². The lowest BCUT2D eigenvalue weighted by atomic mass is 10.0. The van der Waals surface area contributed by atoms with Crippen molar-refractivity contribution in [1.29, 1.82) is 0 Å². The van der Waals surface area contributed by atoms with E-state index in [9.17, 15) is 13.2 Å². The van der Waals surface area contributed by atoms with Crippen LogP contribution in [-0.2, 0) is 23.5 Å². The summed E-state index contributed by atoms with van der Waals surface area (Å²) in [7, 11) is -2.02. The molecule has 0 unspecified atom stereocenters. The Bertz CT molecular complexity index is 1770. The summed E-state index contributed by atoms with van der Waals surface area (Å²) >= 11 is 6.66. The van der Waals surface area contributed by atoms with Gasteiger partial charge in [0.05, 0.1) is 27.4 Å². The first-order valence-corrected chi connectivity index (χ1v) is 13.5. The van der Waals surface area contributed by atoms with E-state index in [-0.39, 0.29) is 44.9 Å². The Labute approximate surface area is 218 Å². The lowest BCUT2D eigenvalue weighted by Gasteiger charge is -2.13. The fourth-order valence-corrected chi connectivity index (χ4v) is 5.50. The van der Waals surface area contributed by atoms with Crippen molar-refractivity contribution < 1.29 is 22.5 Å². The molecule has 0 saturated heterocycles. The van der Waals surface area contributed by atoms with Crippen LogP contribution in [0.2, 0.25) is 5.02 Å². The Morgan fingerprint density at radius 3 is 2.57 bits per heavy atom. The van der Waals surface area contributed by atoms with E-state index in [0.29, 0.717) is 5.69 Å². The Morgan fingerprint density at radius 2 is 1.84 bits per heavy atom. The molecule has 0 N–H and O–H groups in total. The van der Waals surface area contributed by atoms with Crippen molar-refractivity contribution in [2.24, 2.45) is 7.05 Å². The third-order valence-corrected chi connectivity index (χ3v) is 7.53. The Kier molecular flexibility index (Phi) is 6.35. The summed E-state index contributed by atoms with van der Waals surface area (Å²) in [5, 5.41) is 10.1. The zero-order valence-electron chi connectivity index (χ0n) is 20.2. The van der Waals surface area contributed by atoms with Gasteiger partial charge >= 0.3 is 0 Å². The van der Waals surface area contributed by atoms with Crippen molar-refractivity contribution in [2.75, 3.05) is 6.26 Å². The van der Waals surface area contributed by atoms with E-state index in [0.717, 1.165) is 22.6 Å². The molecule has 0 saturated carbocycles. The SMILES string of the molecule is Cc1cc(-c2c(S(C)(=O)=O)ccc(C(=O)c3cnn(C)c3OCc3cccc4ccccc34)c2Cl)on1. The molecule has 10 heteroatoms. The molecule has 37 heavy (non-hydrogen) atoms. The smallest absolute Gasteiger partial charge is 0.223 e. The van der Waals surface area contributed by atoms with Gasteiger partial charge in [-0.05, 0) is 35.4 Å². The summed E-state index contributed by atoms with van der Waals surface area (Å²) in [4.78, 5) is 13.6. The van der Waals surface area contributed by atoms with Gasteiger partial charge < -0.3 is 9.26 Å². The second-order valence-corrected chi connectivity index (χ2v) is 11.0. The Hall–Kier alpha value is -3.95. The van der Waals surface area contributed by atoms with Gasteiger partial charge in [0.25, 0.3) is 0 Å². The zero-order chi connectivity index (χ0) is 26.3. The van der Waals surface area contributed by atoms with Crippen LogP contribution in [0.1, 0.15) is 27.2 Å². The highest BCUT2D eigenvalue weighted by Crippen LogP contribution is 2.38. The predicted octanol–water partition coefficient (Wildman–Crippen LogP) is 5.40. The van der Waals surface area contributed by atoms with Gasteiger partial charge in [0.15, 0.2) is 15.6 Å². The number of aryl methyl sites for hydroxylation is 2. The number of benzene rings is 3. The predicted molar refractivity (Wildman–Crippen MR) is 140 cm³/mol. The lowest BCUT2D eigenvalue weighted by molar-refractivity contribution is 0.103. The zero-order valence-corrected chi connectivity index (χ0v) is 21.8. The average Bonchev–Trinajstić information content (AvgIpc) is 3.46. The molecule has 0 amide bonds. The topological polar surface area (TPSA) is 104 Å². The van der Waals surface area contributed by atoms with Crippen LogP contribution in [0.5, 0.6) is 5.88 Å². The molecular formula is C27H22ClN3O5S. The molecule has 0 radical (unpaired) electrons. The van der Waals surface area contributed by atoms with Gasteiger partial charge in [-0.3, -0.25) is 4.79 Å². The average molecular weight is 536 g/mol. The normalized spacial score (nSPS) is 11.7. The highest BCUT2D eigenvalue weighted by Gasteiger charge is 2.28. The van der Waals surface area contributed by atoms with Crippen molar-refractivity contribution in [3.63, 3.8) is 0 Å². The Balaban J connectivity index is 1.54. The third-order valence-electron chi connectivity index (χ3n) is 6.00. The number of aromatic nitrogens is 3. The Morgan fingerprint density at radius 1 is 1.08 bits per heavy atom. The van der Waals surface area contributed by atoms with Gasteiger partial charge in [0.1, 0.15) is 12.2 Å². The second-order valence-electron chi connectivity index (χ2n) is 8.65. The summed E-state index contributed by atoms with van der Waals surface area (Å²) in [6, 6.07) is 18.2. The number of ether oxygens (including phenoxy) is 1. The van der Waals surface area contributed by atoms with Crippen LogP contribution >= 0.6 is 11.6 Å². The monoisotopic (exact) mass is 535 g/mol. The molecule has 2 aromatic heterocycles. The molecule has 0 atom stereocenters. The molecule has 0 aliphatic rings. The van der Waals surface area contributed by atoms with Crippen LogP contribution in [0.15, 0.2) is 76.3 Å². The minimum absolute atomic E-state index is 0.0621. The standard InChI is InChI=1S/C27H22ClN3O5S/c1-16-13-22(36-30-16)24-23(37(3,33)34)12-11-20(25(24)28)26(32)21-14-29-31(2)27(21)35-15-18-9-6-8-17-7-4-5-10-19(17)18/h4-14H,15H2,1-3H3. The fraction of sp³-hybridized carbons (Fsp3) is 0.148. The largest absolute Gasteiger partial charge is 0.472 e. The maximum Gasteiger partial charge on any atom is 0.223 e. The molecule has 188 valence electrons. The maximum atomic E-state index is 13.7. The molecule has 0 bridgehead atoms. The van der Waals surface area contributed by atoms with E-state index in [4.69, 9.17) is 20.9 Å². The number of fused-ring (bicyclic) bond motifs is 1. The van der Waals surface area contributed by atoms with E-state index in [1.807, 2.05) is 42.5 Å². The molecule has 3 aromatic carbocycles. The summed E-state index contributed by atoms with van der Waals surface area (Å²) < 4.78 is 37.8. The van der Waals surface area contributed by atoms with Gasteiger partial charge in [-0.15, -0.1) is 0 Å². The molecule has 0 spiro atoms. The highest BCUT2D eigenvalue weighted by molar-refractivity contribution is 7.90. The van der Waals surface area contributed by atoms with E-state index in [1.54, 1.807) is 20.0 Å². The minimum atomic E-state index is -3.69. The van der Waals surface area contributed by atoms with Gasteiger partial charge in [0, 0.05) is 24.9 Å². The molecule has 0 aliphatic heterocycles. The second kappa shape index (κ2) is 9.49. The number of ketones is 1. The first-order chi connectivity index (χ1) is 17.6. The number of hydrogen-bond acceptors (Lipinski definition) is 7. The molecular weight excluding hydrogens is 514 g/mol. The van der Waals surface area contributed by atoms with Crippen LogP contribution in [0, 0.1) is 6.92 Å². The van der Waals surface area contributed by atoms with Crippen molar-refractivity contribution in [1.82, 2.24) is 14.9 Å². The van der Waals surface area contributed by atoms with Gasteiger partial charge in [-0.2, -0.15) is 5.10 Å². The molecule has 8 nitrogen and oxygen atoms in total. The van der Waals surface area contributed by atoms with Crippen LogP contribution in [0.25, 0.3) is 22.1 Å². The fourth-order valence-electron chi connectivity index (χ4n) is 4.22. The van der Waals surface area contributed by atoms with Crippen molar-refractivity contribution in [3.8, 4) is 17.2 Å². The summed E-state index contributed by atoms with van der Waals surface area (Å²) in [6.45, 7) is 1.91. The number of hydrogen-bond donors (Lipinski definition) is 0. The number of carbonyl (C=O) groups excluding carboxylic acids is 1. The third kappa shape index (κ3) is 4.63. The minimum Gasteiger partial charge on any atom is -0.472 e. The molecule has 5 rings (SSSR count). The van der Waals surface area contributed by atoms with Crippen LogP contribution < -0.4 is 4.74 Å². The number of nitrogens with zero attached hydrogens (tertiary/aromatic N) is 3. The van der Waals surface area contributed by atoms with Crippen LogP contribution in [-0.4, -0.2) is 35.4 Å². The number of carbonyl (C=O) groups is 1. The maximum absolute atomic E-state index is 13.7. The molecule has 0 aliphatic carbocycles. The molecule has 2 heterocycles. The lowest BCUT2D eigenvalue weighted by Crippen LogP contribution is -2.09. The molecule has 0 fully saturated rings. The van der Waals surface area contributed by atoms with E-state index in [2.05, 4.69) is 10.3 Å².